The molecule has 0 aliphatic heterocycles. The van der Waals surface area contributed by atoms with Crippen molar-refractivity contribution in [1.29, 1.82) is 0 Å². The number of hydrogen-bond donors (Lipinski definition) is 1. The van der Waals surface area contributed by atoms with Gasteiger partial charge in [-0.25, -0.2) is 0 Å². The van der Waals surface area contributed by atoms with Crippen LogP contribution in [0.2, 0.25) is 0 Å². The molecule has 3 heteroatoms. The molecule has 0 saturated carbocycles. The molecule has 2 rings (SSSR count). The number of hydrogen-bond acceptors (Lipinski definition) is 2. The van der Waals surface area contributed by atoms with Gasteiger partial charge in [-0.05, 0) is 18.1 Å². The molecule has 0 aromatic heterocycles. The Morgan fingerprint density at radius 3 is 1.87 bits per heavy atom. The number of benzene rings is 2. The summed E-state index contributed by atoms with van der Waals surface area (Å²) in [6.07, 6.45) is 0.789. The molecule has 0 spiro atoms. The average molecular weight is 312 g/mol. The molecule has 0 fully saturated rings. The van der Waals surface area contributed by atoms with Crippen LogP contribution in [0, 0.1) is 0 Å². The summed E-state index contributed by atoms with van der Waals surface area (Å²) in [5.41, 5.74) is 1.93. The van der Waals surface area contributed by atoms with E-state index in [-0.39, 0.29) is 18.0 Å². The van der Waals surface area contributed by atoms with Gasteiger partial charge in [-0.1, -0.05) is 60.7 Å². The molecule has 2 aromatic carbocycles. The molecular formula is C20H26NO2+. The van der Waals surface area contributed by atoms with Gasteiger partial charge < -0.3 is 9.64 Å². The van der Waals surface area contributed by atoms with Gasteiger partial charge in [-0.3, -0.25) is 4.79 Å². The molecule has 0 unspecified atom stereocenters. The normalized spacial score (nSPS) is 12.4. The summed E-state index contributed by atoms with van der Waals surface area (Å²) >= 11 is 0. The molecule has 1 atom stereocenters. The van der Waals surface area contributed by atoms with E-state index in [1.165, 1.54) is 4.90 Å². The fraction of sp³-hybridized carbons (Fsp3) is 0.350. The highest BCUT2D eigenvalue weighted by Crippen LogP contribution is 2.26. The molecule has 0 saturated heterocycles. The molecular weight excluding hydrogens is 286 g/mol. The molecule has 2 aromatic rings. The van der Waals surface area contributed by atoms with Crippen molar-refractivity contribution in [2.45, 2.75) is 25.4 Å². The fourth-order valence-electron chi connectivity index (χ4n) is 2.57. The topological polar surface area (TPSA) is 30.7 Å². The lowest BCUT2D eigenvalue weighted by atomic mass is 9.91. The predicted octanol–water partition coefficient (Wildman–Crippen LogP) is 2.28. The van der Waals surface area contributed by atoms with E-state index in [4.69, 9.17) is 4.74 Å². The van der Waals surface area contributed by atoms with Crippen molar-refractivity contribution in [2.75, 3.05) is 20.6 Å². The Morgan fingerprint density at radius 1 is 0.957 bits per heavy atom. The maximum absolute atomic E-state index is 12.8. The van der Waals surface area contributed by atoms with Gasteiger partial charge >= 0.3 is 5.97 Å². The van der Waals surface area contributed by atoms with Crippen molar-refractivity contribution >= 4 is 5.97 Å². The zero-order valence-electron chi connectivity index (χ0n) is 14.2. The number of esters is 1. The van der Waals surface area contributed by atoms with Crippen LogP contribution in [-0.4, -0.2) is 32.7 Å². The van der Waals surface area contributed by atoms with Gasteiger partial charge in [0.15, 0.2) is 0 Å². The Kier molecular flexibility index (Phi) is 6.36. The third kappa shape index (κ3) is 5.22. The summed E-state index contributed by atoms with van der Waals surface area (Å²) in [5, 5.41) is 0. The molecule has 3 nitrogen and oxygen atoms in total. The Bertz CT molecular complexity index is 556. The molecule has 122 valence electrons. The summed E-state index contributed by atoms with van der Waals surface area (Å²) in [4.78, 5) is 14.1. The molecule has 0 amide bonds. The average Bonchev–Trinajstić information content (AvgIpc) is 2.55. The first kappa shape index (κ1) is 17.2. The molecule has 23 heavy (non-hydrogen) atoms. The van der Waals surface area contributed by atoms with Gasteiger partial charge in [-0.2, -0.15) is 0 Å². The minimum Gasteiger partial charge on any atom is -0.462 e. The SMILES string of the molecule is C[C@@H](CC[NH+](C)C)OC(=O)C(c1ccccc1)c1ccccc1. The van der Waals surface area contributed by atoms with E-state index >= 15 is 0 Å². The minimum atomic E-state index is -0.369. The zero-order valence-corrected chi connectivity index (χ0v) is 14.2. The first-order valence-electron chi connectivity index (χ1n) is 8.17. The lowest BCUT2D eigenvalue weighted by Gasteiger charge is -2.20. The second-order valence-corrected chi connectivity index (χ2v) is 6.25. The highest BCUT2D eigenvalue weighted by atomic mass is 16.5. The second-order valence-electron chi connectivity index (χ2n) is 6.25. The van der Waals surface area contributed by atoms with Gasteiger partial charge in [-0.15, -0.1) is 0 Å². The molecule has 0 heterocycles. The summed E-state index contributed by atoms with van der Waals surface area (Å²) in [6, 6.07) is 19.7. The van der Waals surface area contributed by atoms with E-state index in [0.29, 0.717) is 0 Å². The quantitative estimate of drug-likeness (QED) is 0.795. The van der Waals surface area contributed by atoms with Crippen LogP contribution in [0.25, 0.3) is 0 Å². The van der Waals surface area contributed by atoms with Crippen LogP contribution in [0.3, 0.4) is 0 Å². The number of nitrogens with one attached hydrogen (secondary N) is 1. The highest BCUT2D eigenvalue weighted by Gasteiger charge is 2.25. The molecule has 0 bridgehead atoms. The van der Waals surface area contributed by atoms with Crippen LogP contribution < -0.4 is 4.90 Å². The summed E-state index contributed by atoms with van der Waals surface area (Å²) < 4.78 is 5.72. The van der Waals surface area contributed by atoms with Crippen LogP contribution >= 0.6 is 0 Å². The summed E-state index contributed by atoms with van der Waals surface area (Å²) in [5.74, 6) is -0.546. The van der Waals surface area contributed by atoms with Crippen LogP contribution in [-0.2, 0) is 9.53 Å². The van der Waals surface area contributed by atoms with Crippen molar-refractivity contribution in [3.8, 4) is 0 Å². The van der Waals surface area contributed by atoms with Gasteiger partial charge in [0, 0.05) is 6.42 Å². The lowest BCUT2D eigenvalue weighted by molar-refractivity contribution is -0.858. The Hall–Kier alpha value is -2.13. The maximum atomic E-state index is 12.8. The van der Waals surface area contributed by atoms with Gasteiger partial charge in [0.25, 0.3) is 0 Å². The number of carbonyl (C=O) groups excluding carboxylic acids is 1. The number of ether oxygens (including phenoxy) is 1. The second kappa shape index (κ2) is 8.49. The Morgan fingerprint density at radius 2 is 1.43 bits per heavy atom. The van der Waals surface area contributed by atoms with Crippen molar-refractivity contribution in [2.24, 2.45) is 0 Å². The third-order valence-corrected chi connectivity index (χ3v) is 3.87. The molecule has 0 aliphatic rings. The van der Waals surface area contributed by atoms with E-state index in [0.717, 1.165) is 24.1 Å². The van der Waals surface area contributed by atoms with Crippen molar-refractivity contribution in [3.05, 3.63) is 71.8 Å². The van der Waals surface area contributed by atoms with Gasteiger partial charge in [0.1, 0.15) is 12.0 Å². The number of rotatable bonds is 7. The predicted molar refractivity (Wildman–Crippen MR) is 92.6 cm³/mol. The van der Waals surface area contributed by atoms with E-state index in [1.54, 1.807) is 0 Å². The summed E-state index contributed by atoms with van der Waals surface area (Å²) in [6.45, 7) is 2.95. The standard InChI is InChI=1S/C20H25NO2/c1-16(14-15-21(2)3)23-20(22)19(17-10-6-4-7-11-17)18-12-8-5-9-13-18/h4-13,16,19H,14-15H2,1-3H3/p+1/t16-/m0/s1. The van der Waals surface area contributed by atoms with E-state index in [1.807, 2.05) is 67.6 Å². The van der Waals surface area contributed by atoms with E-state index in [2.05, 4.69) is 14.1 Å². The number of carbonyl (C=O) groups is 1. The van der Waals surface area contributed by atoms with E-state index in [9.17, 15) is 4.79 Å². The highest BCUT2D eigenvalue weighted by molar-refractivity contribution is 5.82. The van der Waals surface area contributed by atoms with Crippen LogP contribution in [0.15, 0.2) is 60.7 Å². The monoisotopic (exact) mass is 312 g/mol. The Labute approximate surface area is 138 Å². The van der Waals surface area contributed by atoms with Crippen molar-refractivity contribution in [1.82, 2.24) is 0 Å². The van der Waals surface area contributed by atoms with Crippen LogP contribution in [0.1, 0.15) is 30.4 Å². The molecule has 0 radical (unpaired) electrons. The number of quaternary nitrogens is 1. The lowest BCUT2D eigenvalue weighted by Crippen LogP contribution is -3.05. The minimum absolute atomic E-state index is 0.0766. The maximum Gasteiger partial charge on any atom is 0.318 e. The first-order chi connectivity index (χ1) is 11.1. The zero-order chi connectivity index (χ0) is 16.7. The van der Waals surface area contributed by atoms with Crippen molar-refractivity contribution in [3.63, 3.8) is 0 Å². The van der Waals surface area contributed by atoms with Crippen LogP contribution in [0.4, 0.5) is 0 Å². The third-order valence-electron chi connectivity index (χ3n) is 3.87. The smallest absolute Gasteiger partial charge is 0.318 e. The van der Waals surface area contributed by atoms with Gasteiger partial charge in [0.2, 0.25) is 0 Å². The van der Waals surface area contributed by atoms with Gasteiger partial charge in [0.05, 0.1) is 20.6 Å². The molecule has 0 aliphatic carbocycles. The first-order valence-corrected chi connectivity index (χ1v) is 8.17. The summed E-state index contributed by atoms with van der Waals surface area (Å²) in [7, 11) is 4.20. The largest absolute Gasteiger partial charge is 0.462 e. The van der Waals surface area contributed by atoms with Crippen molar-refractivity contribution < 1.29 is 14.4 Å². The van der Waals surface area contributed by atoms with E-state index < -0.39 is 0 Å². The van der Waals surface area contributed by atoms with Crippen LogP contribution in [0.5, 0.6) is 0 Å². The fourth-order valence-corrected chi connectivity index (χ4v) is 2.57. The Balaban J connectivity index is 2.16. The molecule has 1 N–H and O–H groups in total.